The molecule has 1 fully saturated rings. The van der Waals surface area contributed by atoms with Crippen LogP contribution in [0.1, 0.15) is 30.7 Å². The molecule has 3 rings (SSSR count). The van der Waals surface area contributed by atoms with Gasteiger partial charge in [0.1, 0.15) is 0 Å². The number of nitrogens with one attached hydrogen (secondary N) is 2. The number of benzene rings is 1. The Morgan fingerprint density at radius 1 is 1.41 bits per heavy atom. The zero-order valence-electron chi connectivity index (χ0n) is 22.4. The molecule has 2 heterocycles. The number of nitrogens with zero attached hydrogens (tertiary/aromatic N) is 3. The molecule has 1 aliphatic heterocycles. The number of allylic oxidation sites excluding steroid dienone is 2. The Labute approximate surface area is 225 Å². The van der Waals surface area contributed by atoms with Gasteiger partial charge >= 0.3 is 0 Å². The molecule has 0 spiro atoms. The van der Waals surface area contributed by atoms with Crippen molar-refractivity contribution in [1.82, 2.24) is 15.1 Å². The summed E-state index contributed by atoms with van der Waals surface area (Å²) >= 11 is 1.76. The van der Waals surface area contributed by atoms with Gasteiger partial charge < -0.3 is 16.0 Å². The van der Waals surface area contributed by atoms with Crippen molar-refractivity contribution in [3.8, 4) is 17.2 Å². The van der Waals surface area contributed by atoms with Gasteiger partial charge in [0.05, 0.1) is 23.9 Å². The fraction of sp³-hybridized carbons (Fsp3) is 0.414. The highest BCUT2D eigenvalue weighted by molar-refractivity contribution is 7.10. The predicted octanol–water partition coefficient (Wildman–Crippen LogP) is 4.48. The molecule has 8 heteroatoms. The fourth-order valence-corrected chi connectivity index (χ4v) is 5.11. The molecule has 1 amide bonds. The number of hydrogen-bond acceptors (Lipinski definition) is 7. The Bertz CT molecular complexity index is 1120. The van der Waals surface area contributed by atoms with Gasteiger partial charge in [-0.05, 0) is 85.3 Å². The second-order valence-electron chi connectivity index (χ2n) is 9.44. The van der Waals surface area contributed by atoms with Gasteiger partial charge in [-0.2, -0.15) is 5.26 Å². The number of thiophene rings is 1. The van der Waals surface area contributed by atoms with Crippen LogP contribution in [-0.2, 0) is 11.2 Å². The molecule has 198 valence electrons. The highest BCUT2D eigenvalue weighted by atomic mass is 32.1. The average molecular weight is 521 g/mol. The van der Waals surface area contributed by atoms with Crippen LogP contribution >= 0.6 is 11.3 Å². The number of nitriles is 1. The van der Waals surface area contributed by atoms with Crippen molar-refractivity contribution in [2.75, 3.05) is 40.3 Å². The first-order valence-corrected chi connectivity index (χ1v) is 13.5. The molecule has 1 saturated heterocycles. The maximum atomic E-state index is 11.9. The minimum absolute atomic E-state index is 0.0361. The average Bonchev–Trinajstić information content (AvgIpc) is 3.58. The maximum Gasteiger partial charge on any atom is 0.231 e. The van der Waals surface area contributed by atoms with Crippen LogP contribution in [-0.4, -0.2) is 62.3 Å². The summed E-state index contributed by atoms with van der Waals surface area (Å²) in [5.74, 6) is 0.601. The van der Waals surface area contributed by atoms with Crippen LogP contribution in [0, 0.1) is 28.6 Å². The van der Waals surface area contributed by atoms with Crippen LogP contribution in [0.4, 0.5) is 0 Å². The normalized spacial score (nSPS) is 16.5. The maximum absolute atomic E-state index is 11.9. The molecule has 2 atom stereocenters. The molecule has 0 radical (unpaired) electrons. The SMILES string of the molecule is CC(CN)Cc1cc(-c2cccc(C#N)c2)cs1.CN/C=C(C)\C=C/CN1CCC(C(=O)N(C)C=N)C1. The van der Waals surface area contributed by atoms with Gasteiger partial charge in [0, 0.05) is 32.1 Å². The fourth-order valence-electron chi connectivity index (χ4n) is 4.05. The second kappa shape index (κ2) is 15.8. The quantitative estimate of drug-likeness (QED) is 0.243. The lowest BCUT2D eigenvalue weighted by molar-refractivity contribution is -0.129. The highest BCUT2D eigenvalue weighted by Crippen LogP contribution is 2.27. The monoisotopic (exact) mass is 520 g/mol. The van der Waals surface area contributed by atoms with Crippen LogP contribution in [0.3, 0.4) is 0 Å². The van der Waals surface area contributed by atoms with E-state index in [1.54, 1.807) is 18.4 Å². The lowest BCUT2D eigenvalue weighted by atomic mass is 10.0. The summed E-state index contributed by atoms with van der Waals surface area (Å²) in [4.78, 5) is 16.9. The lowest BCUT2D eigenvalue weighted by Crippen LogP contribution is -2.33. The zero-order chi connectivity index (χ0) is 27.2. The van der Waals surface area contributed by atoms with E-state index in [0.717, 1.165) is 50.9 Å². The Morgan fingerprint density at radius 3 is 2.86 bits per heavy atom. The van der Waals surface area contributed by atoms with Crippen molar-refractivity contribution in [3.05, 3.63) is 70.1 Å². The smallest absolute Gasteiger partial charge is 0.231 e. The largest absolute Gasteiger partial charge is 0.394 e. The summed E-state index contributed by atoms with van der Waals surface area (Å²) in [6.45, 7) is 7.53. The summed E-state index contributed by atoms with van der Waals surface area (Å²) in [5, 5.41) is 21.1. The molecule has 2 aromatic rings. The van der Waals surface area contributed by atoms with E-state index in [4.69, 9.17) is 16.4 Å². The molecular formula is C29H40N6OS. The highest BCUT2D eigenvalue weighted by Gasteiger charge is 2.29. The van der Waals surface area contributed by atoms with Gasteiger partial charge in [-0.3, -0.25) is 15.1 Å². The molecular weight excluding hydrogens is 480 g/mol. The summed E-state index contributed by atoms with van der Waals surface area (Å²) in [5.41, 5.74) is 9.83. The molecule has 0 bridgehead atoms. The number of carbonyl (C=O) groups is 1. The molecule has 7 nitrogen and oxygen atoms in total. The number of amides is 1. The van der Waals surface area contributed by atoms with E-state index >= 15 is 0 Å². The zero-order valence-corrected chi connectivity index (χ0v) is 23.2. The number of carbonyl (C=O) groups excluding carboxylic acids is 1. The summed E-state index contributed by atoms with van der Waals surface area (Å²) < 4.78 is 0. The minimum Gasteiger partial charge on any atom is -0.394 e. The Kier molecular flexibility index (Phi) is 12.8. The first-order valence-electron chi connectivity index (χ1n) is 12.6. The first-order chi connectivity index (χ1) is 17.8. The summed E-state index contributed by atoms with van der Waals surface area (Å²) in [6.07, 6.45) is 9.14. The number of likely N-dealkylation sites (tertiary alicyclic amines) is 1. The molecule has 1 aromatic heterocycles. The van der Waals surface area contributed by atoms with E-state index in [1.807, 2.05) is 44.4 Å². The van der Waals surface area contributed by atoms with Gasteiger partial charge in [-0.1, -0.05) is 31.2 Å². The van der Waals surface area contributed by atoms with E-state index in [-0.39, 0.29) is 11.8 Å². The first kappa shape index (κ1) is 30.0. The third-order valence-electron chi connectivity index (χ3n) is 6.21. The van der Waals surface area contributed by atoms with Crippen molar-refractivity contribution in [1.29, 1.82) is 10.7 Å². The number of rotatable bonds is 10. The standard InChI is InChI=1S/C15H16N2S.C14H24N4O/c1-11(8-16)5-15-7-14(10-18-15)13-4-2-3-12(6-13)9-17;1-12(9-16-2)5-4-7-18-8-6-13(10-18)14(19)17(3)11-15/h2-4,6-7,10-11H,5,8,16H2,1H3;4-5,9,11,13,15-16H,6-8,10H2,1-3H3/b;5-4-,12-9-,15-11?. The van der Waals surface area contributed by atoms with Crippen LogP contribution in [0.15, 0.2) is 59.6 Å². The van der Waals surface area contributed by atoms with Crippen LogP contribution < -0.4 is 11.1 Å². The Balaban J connectivity index is 0.000000260. The van der Waals surface area contributed by atoms with E-state index in [0.29, 0.717) is 11.5 Å². The minimum atomic E-state index is 0.0361. The van der Waals surface area contributed by atoms with Gasteiger partial charge in [0.15, 0.2) is 0 Å². The molecule has 4 N–H and O–H groups in total. The van der Waals surface area contributed by atoms with E-state index in [2.05, 4.69) is 46.8 Å². The van der Waals surface area contributed by atoms with Crippen molar-refractivity contribution >= 4 is 23.6 Å². The molecule has 2 unspecified atom stereocenters. The second-order valence-corrected chi connectivity index (χ2v) is 10.4. The van der Waals surface area contributed by atoms with E-state index < -0.39 is 0 Å². The molecule has 1 aliphatic rings. The third-order valence-corrected chi connectivity index (χ3v) is 7.17. The van der Waals surface area contributed by atoms with Crippen LogP contribution in [0.25, 0.3) is 11.1 Å². The van der Waals surface area contributed by atoms with Crippen molar-refractivity contribution in [2.45, 2.75) is 26.7 Å². The van der Waals surface area contributed by atoms with Gasteiger partial charge in [0.2, 0.25) is 5.91 Å². The van der Waals surface area contributed by atoms with E-state index in [9.17, 15) is 4.79 Å². The topological polar surface area (TPSA) is 109 Å². The Morgan fingerprint density at radius 2 is 2.19 bits per heavy atom. The van der Waals surface area contributed by atoms with Crippen molar-refractivity contribution < 1.29 is 4.79 Å². The number of nitrogens with two attached hydrogens (primary N) is 1. The lowest BCUT2D eigenvalue weighted by Gasteiger charge is -2.16. The summed E-state index contributed by atoms with van der Waals surface area (Å²) in [7, 11) is 3.53. The molecule has 0 aliphatic carbocycles. The predicted molar refractivity (Wildman–Crippen MR) is 154 cm³/mol. The van der Waals surface area contributed by atoms with Crippen molar-refractivity contribution in [3.63, 3.8) is 0 Å². The third kappa shape index (κ3) is 9.96. The number of hydrogen-bond donors (Lipinski definition) is 3. The van der Waals surface area contributed by atoms with Crippen LogP contribution in [0.5, 0.6) is 0 Å². The van der Waals surface area contributed by atoms with Gasteiger partial charge in [-0.25, -0.2) is 0 Å². The summed E-state index contributed by atoms with van der Waals surface area (Å²) in [6, 6.07) is 12.1. The van der Waals surface area contributed by atoms with Crippen LogP contribution in [0.2, 0.25) is 0 Å². The van der Waals surface area contributed by atoms with Gasteiger partial charge in [0.25, 0.3) is 0 Å². The molecule has 0 saturated carbocycles. The van der Waals surface area contributed by atoms with E-state index in [1.165, 1.54) is 20.9 Å². The Hall–Kier alpha value is -3.25. The molecule has 1 aromatic carbocycles. The van der Waals surface area contributed by atoms with Crippen molar-refractivity contribution in [2.24, 2.45) is 17.6 Å². The molecule has 37 heavy (non-hydrogen) atoms. The van der Waals surface area contributed by atoms with Gasteiger partial charge in [-0.15, -0.1) is 11.3 Å².